The summed E-state index contributed by atoms with van der Waals surface area (Å²) in [7, 11) is 0. The molecule has 2 atom stereocenters. The number of piperazine rings is 1. The molecule has 2 aliphatic rings. The third-order valence-corrected chi connectivity index (χ3v) is 5.40. The largest absolute Gasteiger partial charge is 0.391 e. The van der Waals surface area contributed by atoms with Gasteiger partial charge in [0.1, 0.15) is 10.9 Å². The maximum atomic E-state index is 12.5. The summed E-state index contributed by atoms with van der Waals surface area (Å²) in [5.74, 6) is -0.0341. The molecule has 1 aromatic rings. The van der Waals surface area contributed by atoms with Crippen LogP contribution in [0, 0.1) is 11.3 Å². The number of nitrogens with zero attached hydrogens (tertiary/aromatic N) is 3. The minimum Gasteiger partial charge on any atom is -0.391 e. The van der Waals surface area contributed by atoms with Crippen molar-refractivity contribution in [2.75, 3.05) is 26.2 Å². The zero-order chi connectivity index (χ0) is 14.8. The highest BCUT2D eigenvalue weighted by atomic mass is 32.1. The Bertz CT molecular complexity index is 558. The van der Waals surface area contributed by atoms with Gasteiger partial charge in [0.25, 0.3) is 5.91 Å². The summed E-state index contributed by atoms with van der Waals surface area (Å²) in [5.41, 5.74) is 0.471. The van der Waals surface area contributed by atoms with Crippen molar-refractivity contribution < 1.29 is 9.90 Å². The van der Waals surface area contributed by atoms with E-state index in [2.05, 4.69) is 11.0 Å². The van der Waals surface area contributed by atoms with Gasteiger partial charge in [0, 0.05) is 32.2 Å². The van der Waals surface area contributed by atoms with E-state index in [0.29, 0.717) is 23.5 Å². The molecular weight excluding hydrogens is 286 g/mol. The van der Waals surface area contributed by atoms with E-state index >= 15 is 0 Å². The third kappa shape index (κ3) is 2.82. The second-order valence-corrected chi connectivity index (χ2v) is 6.59. The van der Waals surface area contributed by atoms with Crippen LogP contribution in [0.4, 0.5) is 0 Å². The van der Waals surface area contributed by atoms with Crippen LogP contribution in [0.5, 0.6) is 0 Å². The molecule has 1 saturated heterocycles. The molecule has 1 N–H and O–H groups in total. The predicted octanol–water partition coefficient (Wildman–Crippen LogP) is 1.29. The molecule has 1 amide bonds. The van der Waals surface area contributed by atoms with Crippen molar-refractivity contribution in [2.45, 2.75) is 31.4 Å². The average molecular weight is 305 g/mol. The van der Waals surface area contributed by atoms with Gasteiger partial charge in [0.2, 0.25) is 0 Å². The van der Waals surface area contributed by atoms with Crippen molar-refractivity contribution in [3.05, 3.63) is 21.9 Å². The topological polar surface area (TPSA) is 67.6 Å². The first-order chi connectivity index (χ1) is 10.2. The van der Waals surface area contributed by atoms with Gasteiger partial charge in [-0.05, 0) is 30.7 Å². The van der Waals surface area contributed by atoms with E-state index in [1.165, 1.54) is 11.3 Å². The molecule has 1 aromatic heterocycles. The first-order valence-electron chi connectivity index (χ1n) is 7.39. The van der Waals surface area contributed by atoms with E-state index in [1.807, 2.05) is 4.90 Å². The van der Waals surface area contributed by atoms with E-state index in [4.69, 9.17) is 5.26 Å². The van der Waals surface area contributed by atoms with Crippen molar-refractivity contribution in [1.82, 2.24) is 9.80 Å². The number of aliphatic hydroxyl groups is 1. The smallest absolute Gasteiger partial charge is 0.265 e. The Balaban J connectivity index is 1.61. The molecule has 112 valence electrons. The lowest BCUT2D eigenvalue weighted by atomic mass is 10.1. The summed E-state index contributed by atoms with van der Waals surface area (Å²) in [6, 6.07) is 4.03. The van der Waals surface area contributed by atoms with Crippen molar-refractivity contribution in [1.29, 1.82) is 5.26 Å². The second kappa shape index (κ2) is 6.14. The number of carbonyl (C=O) groups is 1. The molecule has 6 heteroatoms. The van der Waals surface area contributed by atoms with Crippen molar-refractivity contribution in [3.63, 3.8) is 0 Å². The number of nitriles is 1. The number of aliphatic hydroxyl groups excluding tert-OH is 1. The van der Waals surface area contributed by atoms with Gasteiger partial charge in [0.05, 0.1) is 11.7 Å². The maximum Gasteiger partial charge on any atom is 0.265 e. The second-order valence-electron chi connectivity index (χ2n) is 5.67. The van der Waals surface area contributed by atoms with Crippen LogP contribution in [0.1, 0.15) is 34.5 Å². The zero-order valence-corrected chi connectivity index (χ0v) is 12.7. The minimum absolute atomic E-state index is 0.0341. The standard InChI is InChI=1S/C15H19N3O2S/c16-10-11-4-9-21-14(11)15(20)18-7-5-17(6-8-18)12-2-1-3-13(12)19/h4,9,12-13,19H,1-3,5-8H2/t12-,13-/m1/s1. The van der Waals surface area contributed by atoms with Crippen LogP contribution in [-0.2, 0) is 0 Å². The molecule has 21 heavy (non-hydrogen) atoms. The molecular formula is C15H19N3O2S. The van der Waals surface area contributed by atoms with Crippen LogP contribution in [0.3, 0.4) is 0 Å². The highest BCUT2D eigenvalue weighted by molar-refractivity contribution is 7.12. The van der Waals surface area contributed by atoms with E-state index in [9.17, 15) is 9.90 Å². The lowest BCUT2D eigenvalue weighted by molar-refractivity contribution is 0.0317. The lowest BCUT2D eigenvalue weighted by Gasteiger charge is -2.39. The van der Waals surface area contributed by atoms with E-state index in [1.54, 1.807) is 11.4 Å². The first-order valence-corrected chi connectivity index (χ1v) is 8.27. The predicted molar refractivity (Wildman–Crippen MR) is 80.2 cm³/mol. The summed E-state index contributed by atoms with van der Waals surface area (Å²) in [4.78, 5) is 17.1. The molecule has 0 aromatic carbocycles. The number of hydrogen-bond donors (Lipinski definition) is 1. The van der Waals surface area contributed by atoms with Crippen molar-refractivity contribution >= 4 is 17.2 Å². The van der Waals surface area contributed by atoms with Crippen LogP contribution in [0.15, 0.2) is 11.4 Å². The molecule has 2 heterocycles. The summed E-state index contributed by atoms with van der Waals surface area (Å²) >= 11 is 1.34. The Morgan fingerprint density at radius 3 is 2.71 bits per heavy atom. The number of hydrogen-bond acceptors (Lipinski definition) is 5. The summed E-state index contributed by atoms with van der Waals surface area (Å²) in [6.07, 6.45) is 2.82. The van der Waals surface area contributed by atoms with Gasteiger partial charge in [-0.25, -0.2) is 0 Å². The van der Waals surface area contributed by atoms with E-state index in [0.717, 1.165) is 32.4 Å². The van der Waals surface area contributed by atoms with E-state index < -0.39 is 0 Å². The van der Waals surface area contributed by atoms with Crippen molar-refractivity contribution in [2.24, 2.45) is 0 Å². The highest BCUT2D eigenvalue weighted by Crippen LogP contribution is 2.26. The van der Waals surface area contributed by atoms with Gasteiger partial charge in [-0.15, -0.1) is 11.3 Å². The fourth-order valence-electron chi connectivity index (χ4n) is 3.31. The first kappa shape index (κ1) is 14.5. The van der Waals surface area contributed by atoms with Gasteiger partial charge in [-0.2, -0.15) is 5.26 Å². The molecule has 1 aliphatic carbocycles. The number of thiophene rings is 1. The van der Waals surface area contributed by atoms with Gasteiger partial charge in [-0.1, -0.05) is 0 Å². The van der Waals surface area contributed by atoms with Crippen molar-refractivity contribution in [3.8, 4) is 6.07 Å². The Hall–Kier alpha value is -1.42. The van der Waals surface area contributed by atoms with Gasteiger partial charge in [-0.3, -0.25) is 9.69 Å². The Labute approximate surface area is 128 Å². The summed E-state index contributed by atoms with van der Waals surface area (Å²) < 4.78 is 0. The summed E-state index contributed by atoms with van der Waals surface area (Å²) in [5, 5.41) is 20.8. The normalized spacial score (nSPS) is 26.8. The lowest BCUT2D eigenvalue weighted by Crippen LogP contribution is -2.53. The van der Waals surface area contributed by atoms with Crippen LogP contribution in [-0.4, -0.2) is 59.1 Å². The van der Waals surface area contributed by atoms with Gasteiger partial charge in [0.15, 0.2) is 0 Å². The Kier molecular flexibility index (Phi) is 4.24. The molecule has 3 rings (SSSR count). The average Bonchev–Trinajstić information content (AvgIpc) is 3.15. The highest BCUT2D eigenvalue weighted by Gasteiger charge is 2.33. The number of rotatable bonds is 2. The molecule has 0 radical (unpaired) electrons. The molecule has 2 fully saturated rings. The number of carbonyl (C=O) groups excluding carboxylic acids is 1. The Morgan fingerprint density at radius 2 is 2.10 bits per heavy atom. The van der Waals surface area contributed by atoms with Gasteiger partial charge < -0.3 is 10.0 Å². The van der Waals surface area contributed by atoms with Gasteiger partial charge >= 0.3 is 0 Å². The zero-order valence-electron chi connectivity index (χ0n) is 11.9. The monoisotopic (exact) mass is 305 g/mol. The maximum absolute atomic E-state index is 12.5. The molecule has 1 aliphatic heterocycles. The van der Waals surface area contributed by atoms with Crippen LogP contribution in [0.25, 0.3) is 0 Å². The SMILES string of the molecule is N#Cc1ccsc1C(=O)N1CCN([C@@H]2CCC[C@H]2O)CC1. The van der Waals surface area contributed by atoms with E-state index in [-0.39, 0.29) is 18.1 Å². The molecule has 5 nitrogen and oxygen atoms in total. The molecule has 1 saturated carbocycles. The molecule has 0 unspecified atom stereocenters. The van der Waals surface area contributed by atoms with Crippen LogP contribution >= 0.6 is 11.3 Å². The molecule has 0 spiro atoms. The van der Waals surface area contributed by atoms with Crippen LogP contribution < -0.4 is 0 Å². The summed E-state index contributed by atoms with van der Waals surface area (Å²) in [6.45, 7) is 2.96. The fraction of sp³-hybridized carbons (Fsp3) is 0.600. The quantitative estimate of drug-likeness (QED) is 0.894. The minimum atomic E-state index is -0.213. The third-order valence-electron chi connectivity index (χ3n) is 4.49. The Morgan fingerprint density at radius 1 is 1.33 bits per heavy atom. The van der Waals surface area contributed by atoms with Crippen LogP contribution in [0.2, 0.25) is 0 Å². The number of amides is 1. The molecule has 0 bridgehead atoms. The fourth-order valence-corrected chi connectivity index (χ4v) is 4.12.